The Kier molecular flexibility index (Phi) is 4.61. The summed E-state index contributed by atoms with van der Waals surface area (Å²) in [5.41, 5.74) is 0. The molecule has 1 aromatic heterocycles. The van der Waals surface area contributed by atoms with Gasteiger partial charge in [0.1, 0.15) is 12.4 Å². The van der Waals surface area contributed by atoms with Crippen molar-refractivity contribution in [1.82, 2.24) is 14.7 Å². The number of nitrogens with zero attached hydrogens (tertiary/aromatic N) is 1. The second kappa shape index (κ2) is 5.75. The van der Waals surface area contributed by atoms with Gasteiger partial charge in [0.15, 0.2) is 5.03 Å². The van der Waals surface area contributed by atoms with E-state index in [9.17, 15) is 13.2 Å². The summed E-state index contributed by atoms with van der Waals surface area (Å²) in [6, 6.07) is 0. The molecule has 9 heteroatoms. The van der Waals surface area contributed by atoms with E-state index in [0.717, 1.165) is 0 Å². The van der Waals surface area contributed by atoms with E-state index in [1.54, 1.807) is 6.92 Å². The third-order valence-corrected chi connectivity index (χ3v) is 3.10. The number of rotatable bonds is 7. The van der Waals surface area contributed by atoms with Gasteiger partial charge in [0.2, 0.25) is 0 Å². The van der Waals surface area contributed by atoms with Crippen molar-refractivity contribution < 1.29 is 23.1 Å². The highest BCUT2D eigenvalue weighted by molar-refractivity contribution is 7.89. The standard InChI is InChI=1S/C8H13N3O5S/c1-6-9-4-7(11-6)17(14,15)10-2-3-16-5-8(12)13/h4,10H,2-3,5H2,1H3,(H,9,11)(H,12,13). The molecule has 0 aliphatic heterocycles. The normalized spacial score (nSPS) is 11.6. The summed E-state index contributed by atoms with van der Waals surface area (Å²) in [7, 11) is -3.64. The Balaban J connectivity index is 2.38. The first kappa shape index (κ1) is 13.6. The molecule has 3 N–H and O–H groups in total. The number of H-pyrrole nitrogens is 1. The van der Waals surface area contributed by atoms with E-state index in [0.29, 0.717) is 5.82 Å². The van der Waals surface area contributed by atoms with Crippen molar-refractivity contribution in [3.8, 4) is 0 Å². The molecule has 0 unspecified atom stereocenters. The second-order valence-electron chi connectivity index (χ2n) is 3.18. The number of hydrogen-bond acceptors (Lipinski definition) is 5. The number of aromatic nitrogens is 2. The van der Waals surface area contributed by atoms with E-state index in [4.69, 9.17) is 5.11 Å². The van der Waals surface area contributed by atoms with Gasteiger partial charge in [-0.3, -0.25) is 0 Å². The molecule has 0 saturated carbocycles. The Morgan fingerprint density at radius 2 is 2.35 bits per heavy atom. The third-order valence-electron chi connectivity index (χ3n) is 1.73. The van der Waals surface area contributed by atoms with Crippen molar-refractivity contribution >= 4 is 16.0 Å². The van der Waals surface area contributed by atoms with Crippen LogP contribution in [0.15, 0.2) is 11.2 Å². The Morgan fingerprint density at radius 3 is 2.88 bits per heavy atom. The van der Waals surface area contributed by atoms with Gasteiger partial charge in [-0.05, 0) is 6.92 Å². The number of carbonyl (C=O) groups is 1. The Labute approximate surface area is 98.1 Å². The van der Waals surface area contributed by atoms with Gasteiger partial charge in [-0.2, -0.15) is 0 Å². The van der Waals surface area contributed by atoms with Gasteiger partial charge in [-0.25, -0.2) is 22.9 Å². The van der Waals surface area contributed by atoms with E-state index < -0.39 is 22.6 Å². The minimum Gasteiger partial charge on any atom is -0.480 e. The lowest BCUT2D eigenvalue weighted by molar-refractivity contribution is -0.142. The molecule has 96 valence electrons. The van der Waals surface area contributed by atoms with Gasteiger partial charge in [0.25, 0.3) is 10.0 Å². The smallest absolute Gasteiger partial charge is 0.329 e. The van der Waals surface area contributed by atoms with Gasteiger partial charge in [0.05, 0.1) is 12.8 Å². The summed E-state index contributed by atoms with van der Waals surface area (Å²) in [6.45, 7) is 1.16. The van der Waals surface area contributed by atoms with Gasteiger partial charge in [-0.1, -0.05) is 0 Å². The molecule has 0 atom stereocenters. The zero-order valence-electron chi connectivity index (χ0n) is 9.13. The minimum atomic E-state index is -3.64. The number of hydrogen-bond donors (Lipinski definition) is 3. The minimum absolute atomic E-state index is 0.00627. The molecule has 17 heavy (non-hydrogen) atoms. The molecular formula is C8H13N3O5S. The van der Waals surface area contributed by atoms with E-state index in [2.05, 4.69) is 19.4 Å². The summed E-state index contributed by atoms with van der Waals surface area (Å²) in [6.07, 6.45) is 1.20. The van der Waals surface area contributed by atoms with Crippen LogP contribution in [0.2, 0.25) is 0 Å². The molecule has 0 saturated heterocycles. The van der Waals surface area contributed by atoms with Crippen molar-refractivity contribution in [3.63, 3.8) is 0 Å². The first-order valence-corrected chi connectivity index (χ1v) is 6.21. The van der Waals surface area contributed by atoms with Crippen LogP contribution in [0, 0.1) is 6.92 Å². The van der Waals surface area contributed by atoms with E-state index in [-0.39, 0.29) is 18.2 Å². The van der Waals surface area contributed by atoms with Crippen LogP contribution in [0.3, 0.4) is 0 Å². The summed E-state index contributed by atoms with van der Waals surface area (Å²) in [4.78, 5) is 16.5. The molecule has 1 aromatic rings. The van der Waals surface area contributed by atoms with Crippen LogP contribution in [0.5, 0.6) is 0 Å². The number of aliphatic carboxylic acids is 1. The second-order valence-corrected chi connectivity index (χ2v) is 4.91. The lowest BCUT2D eigenvalue weighted by atomic mass is 10.7. The maximum atomic E-state index is 11.6. The van der Waals surface area contributed by atoms with Crippen molar-refractivity contribution in [3.05, 3.63) is 12.0 Å². The number of sulfonamides is 1. The Hall–Kier alpha value is -1.45. The van der Waals surface area contributed by atoms with Gasteiger partial charge in [0, 0.05) is 6.54 Å². The van der Waals surface area contributed by atoms with Crippen molar-refractivity contribution in [2.24, 2.45) is 0 Å². The largest absolute Gasteiger partial charge is 0.480 e. The highest BCUT2D eigenvalue weighted by Crippen LogP contribution is 2.03. The van der Waals surface area contributed by atoms with E-state index in [1.165, 1.54) is 6.20 Å². The number of carboxylic acids is 1. The SMILES string of the molecule is Cc1ncc(S(=O)(=O)NCCOCC(=O)O)[nH]1. The van der Waals surface area contributed by atoms with Crippen molar-refractivity contribution in [2.45, 2.75) is 11.9 Å². The molecule has 1 heterocycles. The van der Waals surface area contributed by atoms with E-state index in [1.807, 2.05) is 0 Å². The zero-order valence-corrected chi connectivity index (χ0v) is 9.95. The number of aromatic amines is 1. The average Bonchev–Trinajstić information content (AvgIpc) is 2.64. The third kappa shape index (κ3) is 4.51. The molecule has 0 radical (unpaired) electrons. The topological polar surface area (TPSA) is 121 Å². The van der Waals surface area contributed by atoms with Gasteiger partial charge in [-0.15, -0.1) is 0 Å². The highest BCUT2D eigenvalue weighted by atomic mass is 32.2. The van der Waals surface area contributed by atoms with Crippen molar-refractivity contribution in [2.75, 3.05) is 19.8 Å². The molecule has 0 fully saturated rings. The highest BCUT2D eigenvalue weighted by Gasteiger charge is 2.15. The molecule has 0 aromatic carbocycles. The fourth-order valence-electron chi connectivity index (χ4n) is 1.02. The quantitative estimate of drug-likeness (QED) is 0.548. The number of nitrogens with one attached hydrogen (secondary N) is 2. The molecule has 0 bridgehead atoms. The molecule has 8 nitrogen and oxygen atoms in total. The molecule has 1 rings (SSSR count). The molecule has 0 aliphatic rings. The van der Waals surface area contributed by atoms with Crippen LogP contribution >= 0.6 is 0 Å². The van der Waals surface area contributed by atoms with Crippen LogP contribution < -0.4 is 4.72 Å². The molecule has 0 spiro atoms. The van der Waals surface area contributed by atoms with Crippen LogP contribution in [0.1, 0.15) is 5.82 Å². The fourth-order valence-corrected chi connectivity index (χ4v) is 2.00. The number of carboxylic acid groups (broad SMARTS) is 1. The van der Waals surface area contributed by atoms with Crippen LogP contribution in [-0.2, 0) is 19.6 Å². The molecule has 0 amide bonds. The van der Waals surface area contributed by atoms with Gasteiger partial charge >= 0.3 is 5.97 Å². The average molecular weight is 263 g/mol. The summed E-state index contributed by atoms with van der Waals surface area (Å²) in [5, 5.41) is 8.24. The lowest BCUT2D eigenvalue weighted by Gasteiger charge is -2.04. The first-order chi connectivity index (χ1) is 7.92. The van der Waals surface area contributed by atoms with Crippen LogP contribution in [-0.4, -0.2) is 49.2 Å². The number of imidazole rings is 1. The summed E-state index contributed by atoms with van der Waals surface area (Å²) < 4.78 is 30.1. The number of aryl methyl sites for hydroxylation is 1. The maximum Gasteiger partial charge on any atom is 0.329 e. The first-order valence-electron chi connectivity index (χ1n) is 4.72. The van der Waals surface area contributed by atoms with Gasteiger partial charge < -0.3 is 14.8 Å². The number of ether oxygens (including phenoxy) is 1. The molecule has 0 aliphatic carbocycles. The van der Waals surface area contributed by atoms with Crippen LogP contribution in [0.4, 0.5) is 0 Å². The Morgan fingerprint density at radius 1 is 1.65 bits per heavy atom. The van der Waals surface area contributed by atoms with Crippen LogP contribution in [0.25, 0.3) is 0 Å². The zero-order chi connectivity index (χ0) is 12.9. The Bertz CT molecular complexity index is 481. The predicted octanol–water partition coefficient (Wildman–Crippen LogP) is -0.902. The monoisotopic (exact) mass is 263 g/mol. The maximum absolute atomic E-state index is 11.6. The lowest BCUT2D eigenvalue weighted by Crippen LogP contribution is -2.28. The predicted molar refractivity (Wildman–Crippen MR) is 57.0 cm³/mol. The fraction of sp³-hybridized carbons (Fsp3) is 0.500. The molecular weight excluding hydrogens is 250 g/mol. The van der Waals surface area contributed by atoms with E-state index >= 15 is 0 Å². The summed E-state index contributed by atoms with van der Waals surface area (Å²) >= 11 is 0. The van der Waals surface area contributed by atoms with Crippen molar-refractivity contribution in [1.29, 1.82) is 0 Å². The summed E-state index contributed by atoms with van der Waals surface area (Å²) in [5.74, 6) is -0.607.